The number of hydrogen-bond acceptors (Lipinski definition) is 3. The summed E-state index contributed by atoms with van der Waals surface area (Å²) in [4.78, 5) is 27.4. The summed E-state index contributed by atoms with van der Waals surface area (Å²) in [5.74, 6) is 0.495. The molecular weight excluding hydrogens is 376 g/mol. The topological polar surface area (TPSA) is 67.2 Å². The average Bonchev–Trinajstić information content (AvgIpc) is 3.49. The summed E-state index contributed by atoms with van der Waals surface area (Å²) in [5, 5.41) is 7.73. The lowest BCUT2D eigenvalue weighted by atomic mass is 10.1. The van der Waals surface area contributed by atoms with Crippen LogP contribution in [-0.4, -0.2) is 39.6 Å². The van der Waals surface area contributed by atoms with Gasteiger partial charge in [0.15, 0.2) is 0 Å². The van der Waals surface area contributed by atoms with Crippen LogP contribution >= 0.6 is 0 Å². The SMILES string of the molecule is CC(C)(C)n1nc(C2CC2)cc1C(=O)NCc1ccc(C(=O)N2CCCCC2)cc1. The molecule has 0 bridgehead atoms. The lowest BCUT2D eigenvalue weighted by Gasteiger charge is -2.26. The second kappa shape index (κ2) is 8.25. The highest BCUT2D eigenvalue weighted by Crippen LogP contribution is 2.40. The number of rotatable bonds is 5. The first kappa shape index (κ1) is 20.6. The van der Waals surface area contributed by atoms with Gasteiger partial charge in [-0.05, 0) is 76.6 Å². The number of likely N-dealkylation sites (tertiary alicyclic amines) is 1. The van der Waals surface area contributed by atoms with Crippen LogP contribution in [0.15, 0.2) is 30.3 Å². The predicted molar refractivity (Wildman–Crippen MR) is 117 cm³/mol. The minimum atomic E-state index is -0.254. The summed E-state index contributed by atoms with van der Waals surface area (Å²) in [7, 11) is 0. The van der Waals surface area contributed by atoms with Gasteiger partial charge in [-0.1, -0.05) is 12.1 Å². The second-order valence-corrected chi connectivity index (χ2v) is 9.54. The maximum atomic E-state index is 12.9. The molecule has 160 valence electrons. The third kappa shape index (κ3) is 4.58. The molecule has 0 unspecified atom stereocenters. The first-order valence-electron chi connectivity index (χ1n) is 11.1. The molecule has 2 heterocycles. The third-order valence-electron chi connectivity index (χ3n) is 5.89. The number of benzene rings is 1. The zero-order valence-corrected chi connectivity index (χ0v) is 18.3. The van der Waals surface area contributed by atoms with Crippen LogP contribution in [0.2, 0.25) is 0 Å². The molecule has 1 saturated heterocycles. The van der Waals surface area contributed by atoms with Gasteiger partial charge in [0.05, 0.1) is 11.2 Å². The van der Waals surface area contributed by atoms with Crippen LogP contribution in [0.3, 0.4) is 0 Å². The fourth-order valence-electron chi connectivity index (χ4n) is 3.97. The number of nitrogens with one attached hydrogen (secondary N) is 1. The average molecular weight is 409 g/mol. The summed E-state index contributed by atoms with van der Waals surface area (Å²) in [6.07, 6.45) is 5.70. The zero-order chi connectivity index (χ0) is 21.3. The Morgan fingerprint density at radius 3 is 2.33 bits per heavy atom. The third-order valence-corrected chi connectivity index (χ3v) is 5.89. The van der Waals surface area contributed by atoms with Crippen molar-refractivity contribution < 1.29 is 9.59 Å². The zero-order valence-electron chi connectivity index (χ0n) is 18.3. The Kier molecular flexibility index (Phi) is 5.67. The van der Waals surface area contributed by atoms with Crippen LogP contribution in [0.4, 0.5) is 0 Å². The molecule has 2 aromatic rings. The molecule has 4 rings (SSSR count). The summed E-state index contributed by atoms with van der Waals surface area (Å²) < 4.78 is 1.84. The number of amides is 2. The van der Waals surface area contributed by atoms with Crippen molar-refractivity contribution >= 4 is 11.8 Å². The highest BCUT2D eigenvalue weighted by Gasteiger charge is 2.31. The molecule has 0 radical (unpaired) electrons. The number of carbonyl (C=O) groups is 2. The second-order valence-electron chi connectivity index (χ2n) is 9.54. The van der Waals surface area contributed by atoms with E-state index in [1.165, 1.54) is 6.42 Å². The Morgan fingerprint density at radius 1 is 1.07 bits per heavy atom. The van der Waals surface area contributed by atoms with Crippen LogP contribution in [0.25, 0.3) is 0 Å². The van der Waals surface area contributed by atoms with Gasteiger partial charge in [0, 0.05) is 31.1 Å². The van der Waals surface area contributed by atoms with Crippen LogP contribution in [0, 0.1) is 0 Å². The fraction of sp³-hybridized carbons (Fsp3) is 0.542. The maximum Gasteiger partial charge on any atom is 0.269 e. The predicted octanol–water partition coefficient (Wildman–Crippen LogP) is 4.07. The Morgan fingerprint density at radius 2 is 1.73 bits per heavy atom. The van der Waals surface area contributed by atoms with E-state index in [2.05, 4.69) is 26.1 Å². The Hall–Kier alpha value is -2.63. The van der Waals surface area contributed by atoms with Gasteiger partial charge in [0.1, 0.15) is 5.69 Å². The Balaban J connectivity index is 1.40. The maximum absolute atomic E-state index is 12.9. The molecule has 1 aliphatic heterocycles. The molecule has 6 nitrogen and oxygen atoms in total. The lowest BCUT2D eigenvalue weighted by Crippen LogP contribution is -2.35. The molecule has 1 saturated carbocycles. The van der Waals surface area contributed by atoms with Crippen molar-refractivity contribution in [2.24, 2.45) is 0 Å². The molecular formula is C24H32N4O2. The summed E-state index contributed by atoms with van der Waals surface area (Å²) >= 11 is 0. The number of hydrogen-bond donors (Lipinski definition) is 1. The minimum Gasteiger partial charge on any atom is -0.347 e. The Bertz CT molecular complexity index is 914. The van der Waals surface area contributed by atoms with Crippen molar-refractivity contribution in [1.29, 1.82) is 0 Å². The highest BCUT2D eigenvalue weighted by atomic mass is 16.2. The molecule has 0 atom stereocenters. The number of aromatic nitrogens is 2. The molecule has 2 fully saturated rings. The van der Waals surface area contributed by atoms with Crippen molar-refractivity contribution in [2.75, 3.05) is 13.1 Å². The standard InChI is InChI=1S/C24H32N4O2/c1-24(2,3)28-21(15-20(26-28)18-11-12-18)22(29)25-16-17-7-9-19(10-8-17)23(30)27-13-5-4-6-14-27/h7-10,15,18H,4-6,11-14,16H2,1-3H3,(H,25,29). The van der Waals surface area contributed by atoms with Gasteiger partial charge in [-0.3, -0.25) is 14.3 Å². The van der Waals surface area contributed by atoms with E-state index in [0.29, 0.717) is 23.7 Å². The summed E-state index contributed by atoms with van der Waals surface area (Å²) in [6.45, 7) is 8.30. The summed E-state index contributed by atoms with van der Waals surface area (Å²) in [5.41, 5.74) is 3.07. The van der Waals surface area contributed by atoms with E-state index >= 15 is 0 Å². The van der Waals surface area contributed by atoms with Crippen molar-refractivity contribution in [3.8, 4) is 0 Å². The van der Waals surface area contributed by atoms with E-state index in [1.54, 1.807) is 0 Å². The van der Waals surface area contributed by atoms with E-state index in [4.69, 9.17) is 5.10 Å². The van der Waals surface area contributed by atoms with Crippen LogP contribution in [0.1, 0.15) is 90.9 Å². The van der Waals surface area contributed by atoms with Gasteiger partial charge in [0.25, 0.3) is 11.8 Å². The van der Waals surface area contributed by atoms with Crippen LogP contribution < -0.4 is 5.32 Å². The van der Waals surface area contributed by atoms with Crippen molar-refractivity contribution in [1.82, 2.24) is 20.0 Å². The largest absolute Gasteiger partial charge is 0.347 e. The first-order chi connectivity index (χ1) is 14.3. The smallest absolute Gasteiger partial charge is 0.269 e. The molecule has 1 N–H and O–H groups in total. The van der Waals surface area contributed by atoms with Crippen molar-refractivity contribution in [2.45, 2.75) is 70.9 Å². The van der Waals surface area contributed by atoms with Gasteiger partial charge >= 0.3 is 0 Å². The van der Waals surface area contributed by atoms with E-state index in [1.807, 2.05) is 39.9 Å². The molecule has 1 aromatic heterocycles. The summed E-state index contributed by atoms with van der Waals surface area (Å²) in [6, 6.07) is 9.52. The van der Waals surface area contributed by atoms with Crippen LogP contribution in [0.5, 0.6) is 0 Å². The first-order valence-corrected chi connectivity index (χ1v) is 11.1. The van der Waals surface area contributed by atoms with Crippen LogP contribution in [-0.2, 0) is 12.1 Å². The molecule has 2 aliphatic rings. The quantitative estimate of drug-likeness (QED) is 0.811. The minimum absolute atomic E-state index is 0.104. The van der Waals surface area contributed by atoms with Gasteiger partial charge in [-0.2, -0.15) is 5.10 Å². The molecule has 1 aliphatic carbocycles. The number of carbonyl (C=O) groups excluding carboxylic acids is 2. The van der Waals surface area contributed by atoms with E-state index in [0.717, 1.165) is 50.0 Å². The molecule has 30 heavy (non-hydrogen) atoms. The van der Waals surface area contributed by atoms with E-state index < -0.39 is 0 Å². The number of nitrogens with zero attached hydrogens (tertiary/aromatic N) is 3. The van der Waals surface area contributed by atoms with Gasteiger partial charge in [0.2, 0.25) is 0 Å². The normalized spacial score (nSPS) is 17.1. The highest BCUT2D eigenvalue weighted by molar-refractivity contribution is 5.94. The van der Waals surface area contributed by atoms with E-state index in [9.17, 15) is 9.59 Å². The molecule has 1 aromatic carbocycles. The van der Waals surface area contributed by atoms with Gasteiger partial charge in [-0.15, -0.1) is 0 Å². The molecule has 2 amide bonds. The van der Waals surface area contributed by atoms with Crippen molar-refractivity contribution in [3.05, 3.63) is 52.8 Å². The monoisotopic (exact) mass is 408 g/mol. The Labute approximate surface area is 178 Å². The van der Waals surface area contributed by atoms with Gasteiger partial charge < -0.3 is 10.2 Å². The van der Waals surface area contributed by atoms with E-state index in [-0.39, 0.29) is 17.4 Å². The van der Waals surface area contributed by atoms with Gasteiger partial charge in [-0.25, -0.2) is 0 Å². The fourth-order valence-corrected chi connectivity index (χ4v) is 3.97. The van der Waals surface area contributed by atoms with Crippen molar-refractivity contribution in [3.63, 3.8) is 0 Å². The molecule has 0 spiro atoms. The molecule has 6 heteroatoms. The lowest BCUT2D eigenvalue weighted by molar-refractivity contribution is 0.0724. The number of piperidine rings is 1.